The van der Waals surface area contributed by atoms with E-state index in [1.54, 1.807) is 12.1 Å². The zero-order valence-electron chi connectivity index (χ0n) is 11.8. The number of carboxylic acids is 1. The average Bonchev–Trinajstić information content (AvgIpc) is 2.38. The first kappa shape index (κ1) is 16.1. The van der Waals surface area contributed by atoms with E-state index in [2.05, 4.69) is 5.32 Å². The summed E-state index contributed by atoms with van der Waals surface area (Å²) in [6, 6.07) is 5.91. The quantitative estimate of drug-likeness (QED) is 0.807. The predicted octanol–water partition coefficient (Wildman–Crippen LogP) is 2.52. The van der Waals surface area contributed by atoms with Gasteiger partial charge < -0.3 is 10.4 Å². The van der Waals surface area contributed by atoms with Crippen LogP contribution in [0.5, 0.6) is 0 Å². The summed E-state index contributed by atoms with van der Waals surface area (Å²) in [6.45, 7) is 3.38. The summed E-state index contributed by atoms with van der Waals surface area (Å²) in [5.74, 6) is -1.67. The van der Waals surface area contributed by atoms with Crippen LogP contribution in [-0.2, 0) is 16.0 Å². The van der Waals surface area contributed by atoms with Crippen molar-refractivity contribution in [2.24, 2.45) is 0 Å². The number of benzene rings is 1. The van der Waals surface area contributed by atoms with Gasteiger partial charge in [-0.3, -0.25) is 4.79 Å². The Morgan fingerprint density at radius 3 is 2.40 bits per heavy atom. The van der Waals surface area contributed by atoms with Crippen molar-refractivity contribution in [1.29, 1.82) is 0 Å². The third-order valence-corrected chi connectivity index (χ3v) is 3.19. The molecule has 1 aromatic rings. The lowest BCUT2D eigenvalue weighted by Crippen LogP contribution is -2.52. The Labute approximate surface area is 118 Å². The van der Waals surface area contributed by atoms with Gasteiger partial charge in [0.05, 0.1) is 0 Å². The van der Waals surface area contributed by atoms with Crippen LogP contribution >= 0.6 is 0 Å². The maximum Gasteiger partial charge on any atom is 0.329 e. The van der Waals surface area contributed by atoms with E-state index >= 15 is 0 Å². The van der Waals surface area contributed by atoms with Gasteiger partial charge in [-0.15, -0.1) is 0 Å². The Hall–Kier alpha value is -1.91. The molecular weight excluding hydrogens is 261 g/mol. The summed E-state index contributed by atoms with van der Waals surface area (Å²) in [6.07, 6.45) is 1.68. The summed E-state index contributed by atoms with van der Waals surface area (Å²) in [7, 11) is 0. The molecule has 1 amide bonds. The van der Waals surface area contributed by atoms with E-state index in [9.17, 15) is 19.1 Å². The molecule has 0 aromatic heterocycles. The van der Waals surface area contributed by atoms with Crippen molar-refractivity contribution in [1.82, 2.24) is 5.32 Å². The molecule has 0 bridgehead atoms. The molecule has 0 saturated heterocycles. The van der Waals surface area contributed by atoms with Gasteiger partial charge in [-0.25, -0.2) is 9.18 Å². The molecule has 0 fully saturated rings. The Kier molecular flexibility index (Phi) is 5.67. The van der Waals surface area contributed by atoms with Crippen LogP contribution in [0.4, 0.5) is 4.39 Å². The van der Waals surface area contributed by atoms with Gasteiger partial charge in [-0.05, 0) is 37.5 Å². The minimum atomic E-state index is -1.23. The van der Waals surface area contributed by atoms with Gasteiger partial charge in [0.1, 0.15) is 11.4 Å². The van der Waals surface area contributed by atoms with E-state index < -0.39 is 11.5 Å². The van der Waals surface area contributed by atoms with Gasteiger partial charge in [0, 0.05) is 6.42 Å². The first-order valence-electron chi connectivity index (χ1n) is 6.66. The number of aryl methyl sites for hydroxylation is 1. The van der Waals surface area contributed by atoms with Gasteiger partial charge in [0.25, 0.3) is 0 Å². The fourth-order valence-electron chi connectivity index (χ4n) is 2.00. The molecule has 4 nitrogen and oxygen atoms in total. The SMILES string of the molecule is CCCC(C)(NC(=O)CCc1ccc(F)cc1)C(=O)O. The molecule has 5 heteroatoms. The highest BCUT2D eigenvalue weighted by molar-refractivity contribution is 5.86. The van der Waals surface area contributed by atoms with Crippen LogP contribution in [0, 0.1) is 5.82 Å². The number of nitrogens with one attached hydrogen (secondary N) is 1. The third kappa shape index (κ3) is 4.64. The van der Waals surface area contributed by atoms with Crippen molar-refractivity contribution in [3.8, 4) is 0 Å². The van der Waals surface area contributed by atoms with Gasteiger partial charge >= 0.3 is 5.97 Å². The molecule has 2 N–H and O–H groups in total. The molecule has 1 aromatic carbocycles. The molecule has 0 spiro atoms. The fraction of sp³-hybridized carbons (Fsp3) is 0.467. The molecule has 0 heterocycles. The van der Waals surface area contributed by atoms with Gasteiger partial charge in [0.2, 0.25) is 5.91 Å². The number of rotatable bonds is 7. The minimum Gasteiger partial charge on any atom is -0.480 e. The highest BCUT2D eigenvalue weighted by Gasteiger charge is 2.33. The highest BCUT2D eigenvalue weighted by Crippen LogP contribution is 2.13. The van der Waals surface area contributed by atoms with E-state index in [-0.39, 0.29) is 18.1 Å². The zero-order valence-corrected chi connectivity index (χ0v) is 11.8. The number of aliphatic carboxylic acids is 1. The second-order valence-corrected chi connectivity index (χ2v) is 5.06. The van der Waals surface area contributed by atoms with Crippen LogP contribution in [-0.4, -0.2) is 22.5 Å². The van der Waals surface area contributed by atoms with Crippen LogP contribution in [0.2, 0.25) is 0 Å². The molecule has 0 aliphatic carbocycles. The lowest BCUT2D eigenvalue weighted by molar-refractivity contribution is -0.147. The number of carbonyl (C=O) groups is 2. The number of carbonyl (C=O) groups excluding carboxylic acids is 1. The van der Waals surface area contributed by atoms with E-state index in [1.165, 1.54) is 19.1 Å². The summed E-state index contributed by atoms with van der Waals surface area (Å²) in [5.41, 5.74) is -0.386. The highest BCUT2D eigenvalue weighted by atomic mass is 19.1. The number of hydrogen-bond acceptors (Lipinski definition) is 2. The van der Waals surface area contributed by atoms with E-state index in [4.69, 9.17) is 0 Å². The molecule has 0 saturated carbocycles. The topological polar surface area (TPSA) is 66.4 Å². The van der Waals surface area contributed by atoms with E-state index in [1.807, 2.05) is 6.92 Å². The Balaban J connectivity index is 2.54. The second-order valence-electron chi connectivity index (χ2n) is 5.06. The van der Waals surface area contributed by atoms with Crippen LogP contribution < -0.4 is 5.32 Å². The largest absolute Gasteiger partial charge is 0.480 e. The smallest absolute Gasteiger partial charge is 0.329 e. The van der Waals surface area contributed by atoms with Crippen molar-refractivity contribution < 1.29 is 19.1 Å². The Morgan fingerprint density at radius 2 is 1.90 bits per heavy atom. The molecule has 1 atom stereocenters. The molecule has 0 aliphatic rings. The summed E-state index contributed by atoms with van der Waals surface area (Å²) in [4.78, 5) is 23.0. The normalized spacial score (nSPS) is 13.6. The van der Waals surface area contributed by atoms with Gasteiger partial charge in [-0.1, -0.05) is 25.5 Å². The Morgan fingerprint density at radius 1 is 1.30 bits per heavy atom. The van der Waals surface area contributed by atoms with Crippen LogP contribution in [0.15, 0.2) is 24.3 Å². The molecular formula is C15H20FNO3. The van der Waals surface area contributed by atoms with Crippen molar-refractivity contribution in [2.45, 2.75) is 45.1 Å². The predicted molar refractivity (Wildman–Crippen MR) is 73.8 cm³/mol. The minimum absolute atomic E-state index is 0.179. The van der Waals surface area contributed by atoms with Gasteiger partial charge in [-0.2, -0.15) is 0 Å². The number of halogens is 1. The molecule has 1 unspecified atom stereocenters. The second kappa shape index (κ2) is 7.03. The van der Waals surface area contributed by atoms with Crippen LogP contribution in [0.25, 0.3) is 0 Å². The first-order valence-corrected chi connectivity index (χ1v) is 6.66. The lowest BCUT2D eigenvalue weighted by Gasteiger charge is -2.25. The Bertz CT molecular complexity index is 473. The van der Waals surface area contributed by atoms with Crippen molar-refractivity contribution in [3.63, 3.8) is 0 Å². The summed E-state index contributed by atoms with van der Waals surface area (Å²) < 4.78 is 12.7. The number of hydrogen-bond donors (Lipinski definition) is 2. The van der Waals surface area contributed by atoms with E-state index in [0.29, 0.717) is 19.3 Å². The summed E-state index contributed by atoms with van der Waals surface area (Å²) >= 11 is 0. The van der Waals surface area contributed by atoms with Crippen molar-refractivity contribution >= 4 is 11.9 Å². The fourth-order valence-corrected chi connectivity index (χ4v) is 2.00. The zero-order chi connectivity index (χ0) is 15.2. The standard InChI is InChI=1S/C15H20FNO3/c1-3-10-15(2,14(19)20)17-13(18)9-6-11-4-7-12(16)8-5-11/h4-5,7-8H,3,6,9-10H2,1-2H3,(H,17,18)(H,19,20). The molecule has 20 heavy (non-hydrogen) atoms. The number of amides is 1. The number of carboxylic acid groups (broad SMARTS) is 1. The average molecular weight is 281 g/mol. The van der Waals surface area contributed by atoms with Gasteiger partial charge in [0.15, 0.2) is 0 Å². The monoisotopic (exact) mass is 281 g/mol. The van der Waals surface area contributed by atoms with Crippen LogP contribution in [0.3, 0.4) is 0 Å². The third-order valence-electron chi connectivity index (χ3n) is 3.19. The molecule has 0 radical (unpaired) electrons. The van der Waals surface area contributed by atoms with E-state index in [0.717, 1.165) is 5.56 Å². The molecule has 1 rings (SSSR count). The molecule has 110 valence electrons. The molecule has 0 aliphatic heterocycles. The maximum absolute atomic E-state index is 12.7. The van der Waals surface area contributed by atoms with Crippen LogP contribution in [0.1, 0.15) is 38.7 Å². The van der Waals surface area contributed by atoms with Crippen molar-refractivity contribution in [2.75, 3.05) is 0 Å². The first-order chi connectivity index (χ1) is 9.37. The van der Waals surface area contributed by atoms with Crippen molar-refractivity contribution in [3.05, 3.63) is 35.6 Å². The maximum atomic E-state index is 12.7. The summed E-state index contributed by atoms with van der Waals surface area (Å²) in [5, 5.41) is 11.7. The lowest BCUT2D eigenvalue weighted by atomic mass is 9.96.